The molecule has 0 aliphatic carbocycles. The van der Waals surface area contributed by atoms with Gasteiger partial charge in [0.1, 0.15) is 6.54 Å². The number of nitrogens with zero attached hydrogens (tertiary/aromatic N) is 1. The molecule has 1 aromatic rings. The smallest absolute Gasteiger partial charge is 0.104 e. The second-order valence-corrected chi connectivity index (χ2v) is 6.07. The summed E-state index contributed by atoms with van der Waals surface area (Å²) in [6, 6.07) is 10.8. The maximum absolute atomic E-state index is 2.35. The summed E-state index contributed by atoms with van der Waals surface area (Å²) in [7, 11) is 4.69. The first-order chi connectivity index (χ1) is 8.64. The van der Waals surface area contributed by atoms with Crippen LogP contribution in [0.15, 0.2) is 30.3 Å². The Morgan fingerprint density at radius 3 is 1.90 bits per heavy atom. The van der Waals surface area contributed by atoms with Gasteiger partial charge in [-0.2, -0.15) is 0 Å². The number of unbranched alkanes of at least 4 members (excludes halogenated alkanes) is 5. The van der Waals surface area contributed by atoms with Crippen LogP contribution < -0.4 is 31.0 Å². The topological polar surface area (TPSA) is 36.5 Å². The van der Waals surface area contributed by atoms with Crippen molar-refractivity contribution in [2.45, 2.75) is 52.0 Å². The maximum Gasteiger partial charge on any atom is 0.104 e. The van der Waals surface area contributed by atoms with Crippen molar-refractivity contribution in [3.63, 3.8) is 0 Å². The third-order valence-electron chi connectivity index (χ3n) is 3.57. The van der Waals surface area contributed by atoms with Crippen LogP contribution in [0.4, 0.5) is 0 Å². The van der Waals surface area contributed by atoms with Gasteiger partial charge in [0, 0.05) is 5.56 Å². The molecule has 0 aliphatic rings. The predicted molar refractivity (Wildman–Crippen MR) is 86.5 cm³/mol. The summed E-state index contributed by atoms with van der Waals surface area (Å²) >= 11 is 0. The fourth-order valence-corrected chi connectivity index (χ4v) is 2.48. The molecule has 0 atom stereocenters. The van der Waals surface area contributed by atoms with Crippen LogP contribution in [-0.4, -0.2) is 25.1 Å². The Bertz CT molecular complexity index is 316. The lowest BCUT2D eigenvalue weighted by molar-refractivity contribution is -0.903. The van der Waals surface area contributed by atoms with Crippen LogP contribution in [0.5, 0.6) is 0 Å². The Morgan fingerprint density at radius 2 is 1.33 bits per heavy atom. The summed E-state index contributed by atoms with van der Waals surface area (Å²) in [5, 5.41) is 0. The third-order valence-corrected chi connectivity index (χ3v) is 3.57. The zero-order valence-electron chi connectivity index (χ0n) is 14.2. The Balaban J connectivity index is -0.00000108. The number of rotatable bonds is 9. The lowest BCUT2D eigenvalue weighted by Crippen LogP contribution is -3.00. The van der Waals surface area contributed by atoms with Crippen LogP contribution in [0.25, 0.3) is 0 Å². The zero-order valence-corrected chi connectivity index (χ0v) is 15.8. The van der Waals surface area contributed by atoms with Gasteiger partial charge in [-0.15, -0.1) is 0 Å². The first-order valence-electron chi connectivity index (χ1n) is 7.50. The van der Waals surface area contributed by atoms with Crippen LogP contribution >= 0.6 is 0 Å². The molecular formula is C17H34Cl2N2. The Labute approximate surface area is 144 Å². The van der Waals surface area contributed by atoms with Crippen molar-refractivity contribution in [3.05, 3.63) is 35.9 Å². The van der Waals surface area contributed by atoms with E-state index < -0.39 is 0 Å². The molecule has 4 N–H and O–H groups in total. The minimum atomic E-state index is 0. The van der Waals surface area contributed by atoms with E-state index >= 15 is 0 Å². The summed E-state index contributed by atoms with van der Waals surface area (Å²) in [5.41, 5.74) is 1.45. The van der Waals surface area contributed by atoms with Crippen LogP contribution in [0.1, 0.15) is 51.0 Å². The highest BCUT2D eigenvalue weighted by Gasteiger charge is 2.14. The second-order valence-electron chi connectivity index (χ2n) is 6.07. The lowest BCUT2D eigenvalue weighted by atomic mass is 10.1. The third kappa shape index (κ3) is 13.1. The van der Waals surface area contributed by atoms with Gasteiger partial charge in [-0.1, -0.05) is 62.9 Å². The molecule has 0 spiro atoms. The van der Waals surface area contributed by atoms with Gasteiger partial charge >= 0.3 is 0 Å². The highest BCUT2D eigenvalue weighted by atomic mass is 35.5. The van der Waals surface area contributed by atoms with Crippen molar-refractivity contribution in [1.29, 1.82) is 0 Å². The lowest BCUT2D eigenvalue weighted by Gasteiger charge is -2.30. The van der Waals surface area contributed by atoms with Crippen LogP contribution in [0.3, 0.4) is 0 Å². The molecule has 0 saturated carbocycles. The maximum atomic E-state index is 2.35. The number of halogens is 2. The summed E-state index contributed by atoms with van der Waals surface area (Å²) in [6.45, 7) is 4.72. The van der Waals surface area contributed by atoms with E-state index in [4.69, 9.17) is 0 Å². The van der Waals surface area contributed by atoms with E-state index in [2.05, 4.69) is 51.4 Å². The molecule has 0 aliphatic heterocycles. The molecular weight excluding hydrogens is 303 g/mol. The van der Waals surface area contributed by atoms with Crippen LogP contribution in [0.2, 0.25) is 0 Å². The van der Waals surface area contributed by atoms with Gasteiger partial charge in [0.2, 0.25) is 0 Å². The van der Waals surface area contributed by atoms with E-state index in [0.29, 0.717) is 0 Å². The van der Waals surface area contributed by atoms with Gasteiger partial charge in [-0.3, -0.25) is 0 Å². The molecule has 0 amide bonds. The molecule has 1 aromatic carbocycles. The normalized spacial score (nSPS) is 10.0. The largest absolute Gasteiger partial charge is 1.00 e. The number of hydrogen-bond acceptors (Lipinski definition) is 0. The SMILES string of the molecule is CCCCCCCC[N+](C)(C)Cc1ccccc1.[Cl-].[Cl-].[NH4+]. The molecule has 0 unspecified atom stereocenters. The highest BCUT2D eigenvalue weighted by molar-refractivity contribution is 5.13. The summed E-state index contributed by atoms with van der Waals surface area (Å²) in [5.74, 6) is 0. The summed E-state index contributed by atoms with van der Waals surface area (Å²) < 4.78 is 1.11. The van der Waals surface area contributed by atoms with Crippen LogP contribution in [0, 0.1) is 0 Å². The first-order valence-corrected chi connectivity index (χ1v) is 7.50. The zero-order chi connectivity index (χ0) is 13.3. The molecule has 1 rings (SSSR count). The highest BCUT2D eigenvalue weighted by Crippen LogP contribution is 2.12. The average Bonchev–Trinajstić information content (AvgIpc) is 2.34. The monoisotopic (exact) mass is 336 g/mol. The Morgan fingerprint density at radius 1 is 0.810 bits per heavy atom. The molecule has 126 valence electrons. The van der Waals surface area contributed by atoms with Gasteiger partial charge < -0.3 is 35.4 Å². The number of quaternary nitrogens is 2. The Kier molecular flexibility index (Phi) is 17.9. The molecule has 0 radical (unpaired) electrons. The van der Waals surface area contributed by atoms with Crippen LogP contribution in [-0.2, 0) is 6.54 Å². The van der Waals surface area contributed by atoms with Crippen molar-refractivity contribution in [2.24, 2.45) is 0 Å². The Hall–Kier alpha value is -0.280. The first kappa shape index (κ1) is 25.7. The average molecular weight is 337 g/mol. The standard InChI is InChI=1S/C17H30N.2ClH.H3N/c1-4-5-6-7-8-12-15-18(2,3)16-17-13-10-9-11-14-17;;;/h9-11,13-14H,4-8,12,15-16H2,1-3H3;2*1H;1H3/q+1;;;/p-1. The molecule has 0 bridgehead atoms. The molecule has 0 fully saturated rings. The van der Waals surface area contributed by atoms with Gasteiger partial charge in [-0.05, 0) is 12.8 Å². The second kappa shape index (κ2) is 14.6. The van der Waals surface area contributed by atoms with E-state index in [0.717, 1.165) is 11.0 Å². The molecule has 21 heavy (non-hydrogen) atoms. The van der Waals surface area contributed by atoms with E-state index in [1.807, 2.05) is 0 Å². The molecule has 0 heterocycles. The quantitative estimate of drug-likeness (QED) is 0.444. The fraction of sp³-hybridized carbons (Fsp3) is 0.647. The van der Waals surface area contributed by atoms with E-state index in [-0.39, 0.29) is 31.0 Å². The van der Waals surface area contributed by atoms with Crippen molar-refractivity contribution in [3.8, 4) is 0 Å². The number of benzene rings is 1. The minimum absolute atomic E-state index is 0. The van der Waals surface area contributed by atoms with Crippen molar-refractivity contribution >= 4 is 0 Å². The summed E-state index contributed by atoms with van der Waals surface area (Å²) in [4.78, 5) is 0. The van der Waals surface area contributed by atoms with Crippen molar-refractivity contribution in [2.75, 3.05) is 20.6 Å². The van der Waals surface area contributed by atoms with Gasteiger partial charge in [0.15, 0.2) is 0 Å². The molecule has 0 aromatic heterocycles. The van der Waals surface area contributed by atoms with E-state index in [9.17, 15) is 0 Å². The van der Waals surface area contributed by atoms with E-state index in [1.165, 1.54) is 50.6 Å². The van der Waals surface area contributed by atoms with Gasteiger partial charge in [0.05, 0.1) is 20.6 Å². The molecule has 0 saturated heterocycles. The summed E-state index contributed by atoms with van der Waals surface area (Å²) in [6.07, 6.45) is 8.35. The number of hydrogen-bond donors (Lipinski definition) is 1. The molecule has 2 nitrogen and oxygen atoms in total. The molecule has 4 heteroatoms. The van der Waals surface area contributed by atoms with Crippen molar-refractivity contribution < 1.29 is 29.3 Å². The van der Waals surface area contributed by atoms with Crippen molar-refractivity contribution in [1.82, 2.24) is 6.15 Å². The van der Waals surface area contributed by atoms with Gasteiger partial charge in [0.25, 0.3) is 0 Å². The minimum Gasteiger partial charge on any atom is -1.00 e. The fourth-order valence-electron chi connectivity index (χ4n) is 2.48. The van der Waals surface area contributed by atoms with E-state index in [1.54, 1.807) is 0 Å². The predicted octanol–water partition coefficient (Wildman–Crippen LogP) is -0.992. The van der Waals surface area contributed by atoms with Gasteiger partial charge in [-0.25, -0.2) is 0 Å².